The summed E-state index contributed by atoms with van der Waals surface area (Å²) in [4.78, 5) is 16.9. The zero-order valence-electron chi connectivity index (χ0n) is 26.6. The molecular formula is C30H56N2O4Si2. The summed E-state index contributed by atoms with van der Waals surface area (Å²) in [5.41, 5.74) is 1.37. The van der Waals surface area contributed by atoms with Gasteiger partial charge in [-0.3, -0.25) is 4.90 Å². The maximum Gasteiger partial charge on any atom is 0.415 e. The topological polar surface area (TPSA) is 51.2 Å². The summed E-state index contributed by atoms with van der Waals surface area (Å²) in [6, 6.07) is 8.13. The molecule has 8 heteroatoms. The van der Waals surface area contributed by atoms with Gasteiger partial charge >= 0.3 is 6.09 Å². The first-order valence-corrected chi connectivity index (χ1v) is 19.6. The van der Waals surface area contributed by atoms with Crippen LogP contribution >= 0.6 is 0 Å². The average Bonchev–Trinajstić information content (AvgIpc) is 2.68. The van der Waals surface area contributed by atoms with Crippen LogP contribution in [-0.4, -0.2) is 48.8 Å². The van der Waals surface area contributed by atoms with Gasteiger partial charge in [0.05, 0.1) is 0 Å². The summed E-state index contributed by atoms with van der Waals surface area (Å²) in [6.07, 6.45) is 2.87. The van der Waals surface area contributed by atoms with E-state index in [4.69, 9.17) is 13.6 Å². The lowest BCUT2D eigenvalue weighted by Gasteiger charge is -2.45. The molecule has 0 aromatic heterocycles. The van der Waals surface area contributed by atoms with E-state index in [2.05, 4.69) is 91.3 Å². The number of rotatable bonds is 12. The third-order valence-corrected chi connectivity index (χ3v) is 7.16. The highest BCUT2D eigenvalue weighted by molar-refractivity contribution is 6.48. The Morgan fingerprint density at radius 2 is 1.21 bits per heavy atom. The van der Waals surface area contributed by atoms with E-state index >= 15 is 0 Å². The van der Waals surface area contributed by atoms with Gasteiger partial charge in [-0.15, -0.1) is 6.58 Å². The van der Waals surface area contributed by atoms with Crippen molar-refractivity contribution in [2.45, 2.75) is 119 Å². The molecule has 0 spiro atoms. The van der Waals surface area contributed by atoms with Gasteiger partial charge in [-0.1, -0.05) is 47.6 Å². The monoisotopic (exact) mass is 564 g/mol. The summed E-state index contributed by atoms with van der Waals surface area (Å²) in [7, 11) is -2.73. The predicted octanol–water partition coefficient (Wildman–Crippen LogP) is 7.95. The first-order valence-electron chi connectivity index (χ1n) is 14.0. The van der Waals surface area contributed by atoms with Crippen molar-refractivity contribution in [3.8, 4) is 0 Å². The first-order chi connectivity index (χ1) is 17.2. The van der Waals surface area contributed by atoms with Crippen LogP contribution in [0.2, 0.25) is 26.2 Å². The van der Waals surface area contributed by atoms with Gasteiger partial charge in [0.15, 0.2) is 18.1 Å². The highest BCUT2D eigenvalue weighted by Crippen LogP contribution is 2.35. The molecule has 0 aliphatic rings. The molecule has 1 amide bonds. The van der Waals surface area contributed by atoms with Crippen molar-refractivity contribution in [2.75, 3.05) is 16.3 Å². The van der Waals surface area contributed by atoms with Gasteiger partial charge in [0.1, 0.15) is 18.1 Å². The van der Waals surface area contributed by atoms with Crippen molar-refractivity contribution in [1.29, 1.82) is 0 Å². The number of hydrogen-bond acceptors (Lipinski definition) is 5. The molecule has 0 fully saturated rings. The SMILES string of the molecule is C=CCN(C(=O)OC(C)(C)C)c1ccc(N(C(CC(C)(C)C)O[SiH](C)C)C(CC(C)(C)C)O[SiH](C)C)cc1. The van der Waals surface area contributed by atoms with Crippen molar-refractivity contribution in [1.82, 2.24) is 0 Å². The van der Waals surface area contributed by atoms with E-state index in [-0.39, 0.29) is 29.4 Å². The molecule has 1 aromatic carbocycles. The van der Waals surface area contributed by atoms with Crippen LogP contribution in [-0.2, 0) is 13.6 Å². The Balaban J connectivity index is 3.62. The summed E-state index contributed by atoms with van der Waals surface area (Å²) < 4.78 is 19.1. The minimum atomic E-state index is -1.36. The molecule has 6 nitrogen and oxygen atoms in total. The quantitative estimate of drug-likeness (QED) is 0.146. The van der Waals surface area contributed by atoms with Crippen LogP contribution in [0.4, 0.5) is 16.2 Å². The Morgan fingerprint density at radius 1 is 0.816 bits per heavy atom. The molecule has 2 unspecified atom stereocenters. The van der Waals surface area contributed by atoms with Crippen LogP contribution < -0.4 is 9.80 Å². The summed E-state index contributed by atoms with van der Waals surface area (Å²) in [6.45, 7) is 32.3. The fraction of sp³-hybridized carbons (Fsp3) is 0.700. The largest absolute Gasteiger partial charge is 0.443 e. The second-order valence-corrected chi connectivity index (χ2v) is 18.9. The minimum absolute atomic E-state index is 0.0746. The third-order valence-electron chi connectivity index (χ3n) is 5.44. The number of hydrogen-bond donors (Lipinski definition) is 0. The number of benzene rings is 1. The molecule has 38 heavy (non-hydrogen) atoms. The Kier molecular flexibility index (Phi) is 12.8. The average molecular weight is 565 g/mol. The van der Waals surface area contributed by atoms with Gasteiger partial charge in [-0.25, -0.2) is 4.79 Å². The Bertz CT molecular complexity index is 838. The van der Waals surface area contributed by atoms with E-state index in [0.717, 1.165) is 24.2 Å². The number of ether oxygens (including phenoxy) is 1. The standard InChI is InChI=1S/C30H56N2O4Si2/c1-15-20-31(27(33)34-30(8,9)10)23-16-18-24(19-17-23)32(25(35-37(11)12)21-28(2,3)4)26(36-38(13)14)22-29(5,6)7/h15-19,25-26,37-38H,1,20-22H2,2-14H3. The highest BCUT2D eigenvalue weighted by Gasteiger charge is 2.35. The van der Waals surface area contributed by atoms with E-state index in [1.54, 1.807) is 11.0 Å². The van der Waals surface area contributed by atoms with Gasteiger partial charge in [-0.05, 0) is 94.9 Å². The Hall–Kier alpha value is -1.62. The van der Waals surface area contributed by atoms with Crippen molar-refractivity contribution in [2.24, 2.45) is 10.8 Å². The van der Waals surface area contributed by atoms with Gasteiger partial charge in [0.2, 0.25) is 0 Å². The molecule has 0 N–H and O–H groups in total. The molecule has 0 aliphatic carbocycles. The summed E-state index contributed by atoms with van der Waals surface area (Å²) in [5, 5.41) is 0. The molecule has 0 radical (unpaired) electrons. The smallest absolute Gasteiger partial charge is 0.415 e. The lowest BCUT2D eigenvalue weighted by atomic mass is 9.89. The van der Waals surface area contributed by atoms with Gasteiger partial charge < -0.3 is 18.5 Å². The Labute approximate surface area is 237 Å². The van der Waals surface area contributed by atoms with Crippen LogP contribution in [0.1, 0.15) is 75.2 Å². The molecule has 2 atom stereocenters. The zero-order valence-corrected chi connectivity index (χ0v) is 28.9. The van der Waals surface area contributed by atoms with Crippen LogP contribution in [0.15, 0.2) is 36.9 Å². The van der Waals surface area contributed by atoms with Gasteiger partial charge in [0, 0.05) is 17.9 Å². The van der Waals surface area contributed by atoms with Crippen LogP contribution in [0.5, 0.6) is 0 Å². The van der Waals surface area contributed by atoms with Crippen molar-refractivity contribution in [3.05, 3.63) is 36.9 Å². The fourth-order valence-electron chi connectivity index (χ4n) is 4.15. The summed E-state index contributed by atoms with van der Waals surface area (Å²) in [5.74, 6) is 0. The molecule has 0 bridgehead atoms. The molecule has 0 aliphatic heterocycles. The normalized spacial score (nSPS) is 14.4. The molecule has 1 aromatic rings. The molecule has 0 saturated heterocycles. The zero-order chi connectivity index (χ0) is 29.5. The molecule has 0 heterocycles. The number of carbonyl (C=O) groups is 1. The lowest BCUT2D eigenvalue weighted by Crippen LogP contribution is -2.51. The maximum atomic E-state index is 13.0. The van der Waals surface area contributed by atoms with Crippen LogP contribution in [0.25, 0.3) is 0 Å². The first kappa shape index (κ1) is 34.4. The predicted molar refractivity (Wildman–Crippen MR) is 168 cm³/mol. The van der Waals surface area contributed by atoms with Crippen molar-refractivity contribution < 1.29 is 18.4 Å². The van der Waals surface area contributed by atoms with Crippen LogP contribution in [0, 0.1) is 10.8 Å². The molecule has 218 valence electrons. The second kappa shape index (κ2) is 14.1. The lowest BCUT2D eigenvalue weighted by molar-refractivity contribution is 0.0582. The third kappa shape index (κ3) is 13.0. The number of anilines is 2. The Morgan fingerprint density at radius 3 is 1.53 bits per heavy atom. The summed E-state index contributed by atoms with van der Waals surface area (Å²) >= 11 is 0. The van der Waals surface area contributed by atoms with E-state index in [0.29, 0.717) is 6.54 Å². The van der Waals surface area contributed by atoms with Crippen molar-refractivity contribution >= 4 is 35.5 Å². The molecule has 0 saturated carbocycles. The molecule has 1 rings (SSSR count). The van der Waals surface area contributed by atoms with E-state index in [1.807, 2.05) is 32.9 Å². The van der Waals surface area contributed by atoms with E-state index < -0.39 is 23.7 Å². The van der Waals surface area contributed by atoms with E-state index in [9.17, 15) is 4.79 Å². The highest BCUT2D eigenvalue weighted by atomic mass is 28.3. The fourth-order valence-corrected chi connectivity index (χ4v) is 5.87. The van der Waals surface area contributed by atoms with Gasteiger partial charge in [-0.2, -0.15) is 0 Å². The molecular weight excluding hydrogens is 509 g/mol. The number of carbonyl (C=O) groups excluding carboxylic acids is 1. The van der Waals surface area contributed by atoms with Crippen LogP contribution in [0.3, 0.4) is 0 Å². The number of amides is 1. The van der Waals surface area contributed by atoms with Gasteiger partial charge in [0.25, 0.3) is 0 Å². The second-order valence-electron chi connectivity index (χ2n) is 14.1. The van der Waals surface area contributed by atoms with E-state index in [1.165, 1.54) is 0 Å². The van der Waals surface area contributed by atoms with Crippen molar-refractivity contribution in [3.63, 3.8) is 0 Å². The maximum absolute atomic E-state index is 13.0. The minimum Gasteiger partial charge on any atom is -0.443 e. The number of nitrogens with zero attached hydrogens (tertiary/aromatic N) is 2.